The summed E-state index contributed by atoms with van der Waals surface area (Å²) >= 11 is 0. The van der Waals surface area contributed by atoms with Crippen molar-refractivity contribution in [2.75, 3.05) is 31.1 Å². The summed E-state index contributed by atoms with van der Waals surface area (Å²) in [5.74, 6) is -0.276. The molecule has 24 heavy (non-hydrogen) atoms. The van der Waals surface area contributed by atoms with Crippen LogP contribution in [0.2, 0.25) is 0 Å². The molecule has 2 heterocycles. The fourth-order valence-corrected chi connectivity index (χ4v) is 4.52. The third kappa shape index (κ3) is 4.76. The van der Waals surface area contributed by atoms with Gasteiger partial charge in [0, 0.05) is 19.6 Å². The van der Waals surface area contributed by atoms with Gasteiger partial charge in [-0.1, -0.05) is 5.21 Å². The molecule has 1 aliphatic rings. The van der Waals surface area contributed by atoms with Crippen LogP contribution in [0.3, 0.4) is 0 Å². The highest BCUT2D eigenvalue weighted by Crippen LogP contribution is 2.17. The fraction of sp³-hybridized carbons (Fsp3) is 0.714. The minimum Gasteiger partial charge on any atom is -0.350 e. The van der Waals surface area contributed by atoms with Gasteiger partial charge < -0.3 is 10.2 Å². The van der Waals surface area contributed by atoms with E-state index in [-0.39, 0.29) is 35.6 Å². The molecule has 1 aliphatic heterocycles. The molecule has 2 amide bonds. The second kappa shape index (κ2) is 7.73. The third-order valence-corrected chi connectivity index (χ3v) is 5.90. The molecule has 1 atom stereocenters. The molecule has 1 N–H and O–H groups in total. The lowest BCUT2D eigenvalue weighted by Gasteiger charge is -2.17. The predicted octanol–water partition coefficient (Wildman–Crippen LogP) is -0.689. The fourth-order valence-electron chi connectivity index (χ4n) is 2.66. The molecular weight excluding hydrogens is 334 g/mol. The normalized spacial score (nSPS) is 19.2. The second-order valence-corrected chi connectivity index (χ2v) is 8.08. The van der Waals surface area contributed by atoms with Crippen LogP contribution in [0.4, 0.5) is 0 Å². The van der Waals surface area contributed by atoms with Crippen molar-refractivity contribution >= 4 is 21.7 Å². The summed E-state index contributed by atoms with van der Waals surface area (Å²) in [7, 11) is -2.96. The Morgan fingerprint density at radius 1 is 1.38 bits per heavy atom. The van der Waals surface area contributed by atoms with E-state index in [1.165, 1.54) is 10.9 Å². The molecule has 0 spiro atoms. The molecule has 2 rings (SSSR count). The number of sulfone groups is 1. The summed E-state index contributed by atoms with van der Waals surface area (Å²) in [6, 6.07) is 0. The topological polar surface area (TPSA) is 114 Å². The molecule has 134 valence electrons. The Morgan fingerprint density at radius 2 is 2.08 bits per heavy atom. The number of nitrogens with zero attached hydrogens (tertiary/aromatic N) is 4. The summed E-state index contributed by atoms with van der Waals surface area (Å²) < 4.78 is 24.1. The number of hydrogen-bond donors (Lipinski definition) is 1. The molecule has 1 saturated heterocycles. The van der Waals surface area contributed by atoms with Crippen molar-refractivity contribution in [2.24, 2.45) is 5.92 Å². The lowest BCUT2D eigenvalue weighted by atomic mass is 10.1. The first kappa shape index (κ1) is 18.4. The first-order chi connectivity index (χ1) is 11.3. The summed E-state index contributed by atoms with van der Waals surface area (Å²) in [6.07, 6.45) is 1.98. The Balaban J connectivity index is 1.86. The van der Waals surface area contributed by atoms with E-state index in [0.717, 1.165) is 0 Å². The first-order valence-electron chi connectivity index (χ1n) is 8.01. The van der Waals surface area contributed by atoms with E-state index in [4.69, 9.17) is 0 Å². The number of amides is 2. The SMILES string of the molecule is CCN(CC)C(=O)Cn1cc(C(=O)NCC2CCS(=O)(=O)C2)nn1. The van der Waals surface area contributed by atoms with Gasteiger partial charge in [0.1, 0.15) is 6.54 Å². The Labute approximate surface area is 141 Å². The number of nitrogens with one attached hydrogen (secondary N) is 1. The standard InChI is InChI=1S/C14H23N5O4S/c1-3-18(4-2)13(20)9-19-8-12(16-17-19)14(21)15-7-11-5-6-24(22,23)10-11/h8,11H,3-7,9-10H2,1-2H3,(H,15,21). The highest BCUT2D eigenvalue weighted by Gasteiger charge is 2.28. The highest BCUT2D eigenvalue weighted by molar-refractivity contribution is 7.91. The largest absolute Gasteiger partial charge is 0.350 e. The van der Waals surface area contributed by atoms with Crippen molar-refractivity contribution in [3.8, 4) is 0 Å². The highest BCUT2D eigenvalue weighted by atomic mass is 32.2. The van der Waals surface area contributed by atoms with Gasteiger partial charge in [0.15, 0.2) is 15.5 Å². The molecule has 0 radical (unpaired) electrons. The first-order valence-corrected chi connectivity index (χ1v) is 9.83. The lowest BCUT2D eigenvalue weighted by Crippen LogP contribution is -2.33. The van der Waals surface area contributed by atoms with Gasteiger partial charge in [0.05, 0.1) is 17.7 Å². The van der Waals surface area contributed by atoms with Crippen molar-refractivity contribution in [1.82, 2.24) is 25.2 Å². The Morgan fingerprint density at radius 3 is 2.67 bits per heavy atom. The second-order valence-electron chi connectivity index (χ2n) is 5.85. The minimum atomic E-state index is -2.96. The summed E-state index contributed by atoms with van der Waals surface area (Å²) in [6.45, 7) is 5.34. The zero-order valence-electron chi connectivity index (χ0n) is 13.9. The van der Waals surface area contributed by atoms with Gasteiger partial charge in [-0.2, -0.15) is 0 Å². The third-order valence-electron chi connectivity index (χ3n) is 4.06. The Bertz CT molecular complexity index is 696. The molecule has 0 aromatic carbocycles. The summed E-state index contributed by atoms with van der Waals surface area (Å²) in [5, 5.41) is 10.2. The number of rotatable bonds is 7. The quantitative estimate of drug-likeness (QED) is 0.691. The molecular formula is C14H23N5O4S. The van der Waals surface area contributed by atoms with Crippen LogP contribution in [0, 0.1) is 5.92 Å². The van der Waals surface area contributed by atoms with E-state index in [9.17, 15) is 18.0 Å². The number of hydrogen-bond acceptors (Lipinski definition) is 6. The average Bonchev–Trinajstić information content (AvgIpc) is 3.12. The van der Waals surface area contributed by atoms with Crippen LogP contribution in [-0.2, 0) is 21.2 Å². The monoisotopic (exact) mass is 357 g/mol. The maximum atomic E-state index is 12.0. The van der Waals surface area contributed by atoms with Gasteiger partial charge in [0.2, 0.25) is 5.91 Å². The molecule has 0 bridgehead atoms. The van der Waals surface area contributed by atoms with Gasteiger partial charge in [-0.25, -0.2) is 13.1 Å². The lowest BCUT2D eigenvalue weighted by molar-refractivity contribution is -0.131. The van der Waals surface area contributed by atoms with Gasteiger partial charge in [0.25, 0.3) is 5.91 Å². The molecule has 0 saturated carbocycles. The minimum absolute atomic E-state index is 0.0306. The number of carbonyl (C=O) groups is 2. The average molecular weight is 357 g/mol. The zero-order valence-corrected chi connectivity index (χ0v) is 14.8. The maximum absolute atomic E-state index is 12.0. The van der Waals surface area contributed by atoms with Crippen molar-refractivity contribution < 1.29 is 18.0 Å². The van der Waals surface area contributed by atoms with Gasteiger partial charge >= 0.3 is 0 Å². The molecule has 10 heteroatoms. The van der Waals surface area contributed by atoms with Crippen LogP contribution in [-0.4, -0.2) is 71.3 Å². The van der Waals surface area contributed by atoms with Crippen LogP contribution in [0.1, 0.15) is 30.8 Å². The number of carbonyl (C=O) groups excluding carboxylic acids is 2. The van der Waals surface area contributed by atoms with Gasteiger partial charge in [-0.15, -0.1) is 5.10 Å². The zero-order chi connectivity index (χ0) is 17.7. The summed E-state index contributed by atoms with van der Waals surface area (Å²) in [5.41, 5.74) is 0.114. The Kier molecular flexibility index (Phi) is 5.92. The van der Waals surface area contributed by atoms with Crippen molar-refractivity contribution in [3.63, 3.8) is 0 Å². The molecule has 0 aliphatic carbocycles. The summed E-state index contributed by atoms with van der Waals surface area (Å²) in [4.78, 5) is 25.7. The smallest absolute Gasteiger partial charge is 0.273 e. The predicted molar refractivity (Wildman–Crippen MR) is 87.0 cm³/mol. The maximum Gasteiger partial charge on any atom is 0.273 e. The molecule has 1 aromatic rings. The van der Waals surface area contributed by atoms with E-state index in [0.29, 0.717) is 26.1 Å². The molecule has 1 unspecified atom stereocenters. The van der Waals surface area contributed by atoms with E-state index < -0.39 is 15.7 Å². The number of aromatic nitrogens is 3. The Hall–Kier alpha value is -1.97. The molecule has 9 nitrogen and oxygen atoms in total. The van der Waals surface area contributed by atoms with Crippen molar-refractivity contribution in [3.05, 3.63) is 11.9 Å². The molecule has 1 fully saturated rings. The van der Waals surface area contributed by atoms with Crippen LogP contribution >= 0.6 is 0 Å². The van der Waals surface area contributed by atoms with Crippen LogP contribution in [0.15, 0.2) is 6.20 Å². The van der Waals surface area contributed by atoms with Crippen LogP contribution in [0.25, 0.3) is 0 Å². The van der Waals surface area contributed by atoms with Crippen molar-refractivity contribution in [1.29, 1.82) is 0 Å². The van der Waals surface area contributed by atoms with Crippen LogP contribution in [0.5, 0.6) is 0 Å². The molecule has 1 aromatic heterocycles. The van der Waals surface area contributed by atoms with Crippen LogP contribution < -0.4 is 5.32 Å². The van der Waals surface area contributed by atoms with Gasteiger partial charge in [-0.3, -0.25) is 9.59 Å². The van der Waals surface area contributed by atoms with E-state index in [1.54, 1.807) is 4.90 Å². The van der Waals surface area contributed by atoms with Gasteiger partial charge in [-0.05, 0) is 26.2 Å². The van der Waals surface area contributed by atoms with Crippen molar-refractivity contribution in [2.45, 2.75) is 26.8 Å². The number of likely N-dealkylation sites (N-methyl/N-ethyl adjacent to an activating group) is 1. The van der Waals surface area contributed by atoms with E-state index >= 15 is 0 Å². The van der Waals surface area contributed by atoms with E-state index in [1.807, 2.05) is 13.8 Å². The van der Waals surface area contributed by atoms with E-state index in [2.05, 4.69) is 15.6 Å².